The van der Waals surface area contributed by atoms with Crippen molar-refractivity contribution in [2.24, 2.45) is 0 Å². The molecule has 186 valence electrons. The Morgan fingerprint density at radius 3 is 2.66 bits per heavy atom. The zero-order chi connectivity index (χ0) is 24.3. The zero-order valence-corrected chi connectivity index (χ0v) is 20.0. The van der Waals surface area contributed by atoms with Crippen LogP contribution in [0.25, 0.3) is 10.9 Å². The third-order valence-corrected chi connectivity index (χ3v) is 7.87. The normalized spacial score (nSPS) is 26.9. The first-order valence-electron chi connectivity index (χ1n) is 11.9. The molecule has 0 spiro atoms. The first kappa shape index (κ1) is 23.0. The minimum Gasteiger partial charge on any atom is -0.389 e. The number of nitrogens with one attached hydrogen (secondary N) is 1. The summed E-state index contributed by atoms with van der Waals surface area (Å²) in [5, 5.41) is 18.2. The lowest BCUT2D eigenvalue weighted by Gasteiger charge is -2.37. The molecule has 2 N–H and O–H groups in total. The second kappa shape index (κ2) is 8.62. The van der Waals surface area contributed by atoms with Gasteiger partial charge in [0.1, 0.15) is 6.04 Å². The lowest BCUT2D eigenvalue weighted by Crippen LogP contribution is -2.46. The van der Waals surface area contributed by atoms with Gasteiger partial charge in [-0.25, -0.2) is 23.4 Å². The summed E-state index contributed by atoms with van der Waals surface area (Å²) in [5.74, 6) is -2.02. The lowest BCUT2D eigenvalue weighted by atomic mass is 9.85. The topological polar surface area (TPSA) is 88.3 Å². The van der Waals surface area contributed by atoms with Crippen molar-refractivity contribution < 1.29 is 18.6 Å². The number of ether oxygens (including phenoxy) is 1. The van der Waals surface area contributed by atoms with Crippen molar-refractivity contribution in [2.75, 3.05) is 31.6 Å². The van der Waals surface area contributed by atoms with Crippen LogP contribution in [-0.2, 0) is 4.74 Å². The molecule has 0 radical (unpaired) electrons. The molecule has 3 atom stereocenters. The predicted molar refractivity (Wildman–Crippen MR) is 128 cm³/mol. The Morgan fingerprint density at radius 1 is 1.20 bits per heavy atom. The van der Waals surface area contributed by atoms with Crippen molar-refractivity contribution in [1.29, 1.82) is 0 Å². The number of fused-ring (bicyclic) bond motifs is 1. The zero-order valence-electron chi connectivity index (χ0n) is 19.3. The molecule has 2 unspecified atom stereocenters. The summed E-state index contributed by atoms with van der Waals surface area (Å²) >= 11 is 6.29. The number of hydrogen-bond donors (Lipinski definition) is 2. The number of likely N-dealkylation sites (tertiary alicyclic amines) is 1. The molecule has 2 aromatic heterocycles. The van der Waals surface area contributed by atoms with Crippen LogP contribution in [0.4, 0.5) is 20.4 Å². The second-order valence-corrected chi connectivity index (χ2v) is 10.2. The highest BCUT2D eigenvalue weighted by molar-refractivity contribution is 6.32. The number of rotatable bonds is 5. The van der Waals surface area contributed by atoms with E-state index in [2.05, 4.69) is 44.3 Å². The largest absolute Gasteiger partial charge is 0.389 e. The number of aliphatic hydroxyl groups excluding tert-OH is 1. The number of aryl methyl sites for hydroxylation is 1. The number of benzene rings is 1. The van der Waals surface area contributed by atoms with Gasteiger partial charge in [-0.15, -0.1) is 0 Å². The Labute approximate surface area is 206 Å². The fourth-order valence-electron chi connectivity index (χ4n) is 5.36. The van der Waals surface area contributed by atoms with E-state index in [1.807, 2.05) is 0 Å². The van der Waals surface area contributed by atoms with Gasteiger partial charge in [0.2, 0.25) is 5.95 Å². The van der Waals surface area contributed by atoms with Crippen molar-refractivity contribution in [3.8, 4) is 0 Å². The van der Waals surface area contributed by atoms with Crippen LogP contribution < -0.4 is 5.32 Å². The summed E-state index contributed by atoms with van der Waals surface area (Å²) in [6.07, 6.45) is 4.52. The summed E-state index contributed by atoms with van der Waals surface area (Å²) in [7, 11) is 0. The van der Waals surface area contributed by atoms with Crippen LogP contribution in [0.1, 0.15) is 42.3 Å². The first-order valence-corrected chi connectivity index (χ1v) is 12.3. The molecule has 35 heavy (non-hydrogen) atoms. The molecular weight excluding hydrogens is 478 g/mol. The third kappa shape index (κ3) is 4.26. The highest BCUT2D eigenvalue weighted by atomic mass is 35.5. The molecule has 4 heterocycles. The second-order valence-electron chi connectivity index (χ2n) is 9.84. The van der Waals surface area contributed by atoms with Crippen LogP contribution in [0, 0.1) is 6.92 Å². The average molecular weight is 505 g/mol. The monoisotopic (exact) mass is 504 g/mol. The fraction of sp³-hybridized carbons (Fsp3) is 0.542. The number of halogens is 3. The van der Waals surface area contributed by atoms with Gasteiger partial charge < -0.3 is 15.2 Å². The van der Waals surface area contributed by atoms with Crippen LogP contribution in [0.15, 0.2) is 24.5 Å². The molecule has 3 aromatic rings. The van der Waals surface area contributed by atoms with Gasteiger partial charge in [0, 0.05) is 18.0 Å². The minimum atomic E-state index is -2.76. The van der Waals surface area contributed by atoms with E-state index < -0.39 is 18.1 Å². The predicted octanol–water partition coefficient (Wildman–Crippen LogP) is 4.05. The average Bonchev–Trinajstić information content (AvgIpc) is 3.11. The summed E-state index contributed by atoms with van der Waals surface area (Å²) in [6, 6.07) is 3.33. The maximum Gasteiger partial charge on any atom is 0.272 e. The Hall–Kier alpha value is -2.40. The molecule has 3 aliphatic rings. The molecule has 6 rings (SSSR count). The molecule has 0 amide bonds. The van der Waals surface area contributed by atoms with Crippen molar-refractivity contribution >= 4 is 34.1 Å². The molecule has 1 saturated carbocycles. The van der Waals surface area contributed by atoms with Crippen LogP contribution in [-0.4, -0.2) is 74.1 Å². The molecule has 1 aliphatic carbocycles. The van der Waals surface area contributed by atoms with Gasteiger partial charge in [-0.05, 0) is 62.0 Å². The van der Waals surface area contributed by atoms with Gasteiger partial charge in [-0.2, -0.15) is 5.10 Å². The molecule has 0 bridgehead atoms. The number of anilines is 2. The Bertz CT molecular complexity index is 1260. The summed E-state index contributed by atoms with van der Waals surface area (Å²) in [6.45, 7) is 4.98. The van der Waals surface area contributed by atoms with Gasteiger partial charge in [0.15, 0.2) is 5.15 Å². The molecule has 2 aliphatic heterocycles. The minimum absolute atomic E-state index is 0.0948. The quantitative estimate of drug-likeness (QED) is 0.542. The number of alkyl halides is 2. The van der Waals surface area contributed by atoms with E-state index in [1.165, 1.54) is 17.3 Å². The molecule has 11 heteroatoms. The Morgan fingerprint density at radius 2 is 1.97 bits per heavy atom. The van der Waals surface area contributed by atoms with Gasteiger partial charge in [0.05, 0.1) is 42.8 Å². The van der Waals surface area contributed by atoms with E-state index in [0.717, 1.165) is 41.5 Å². The van der Waals surface area contributed by atoms with Crippen molar-refractivity contribution in [3.05, 3.63) is 40.8 Å². The number of hydrogen-bond acceptors (Lipinski definition) is 7. The smallest absolute Gasteiger partial charge is 0.272 e. The highest BCUT2D eigenvalue weighted by Crippen LogP contribution is 2.53. The molecule has 3 fully saturated rings. The van der Waals surface area contributed by atoms with E-state index in [4.69, 9.17) is 16.3 Å². The van der Waals surface area contributed by atoms with Gasteiger partial charge >= 0.3 is 0 Å². The van der Waals surface area contributed by atoms with Crippen LogP contribution in [0.3, 0.4) is 0 Å². The lowest BCUT2D eigenvalue weighted by molar-refractivity contribution is 0.0663. The highest BCUT2D eigenvalue weighted by Gasteiger charge is 2.59. The standard InChI is InChI=1S/C24H27ClF2N6O2/c1-13-6-15-9-28-23(31-18-10-29-33(22(18)25)21-8-24(21,26)27)30-17(15)7-16(13)14-2-4-32(5-3-14)19-11-35-12-20(19)34/h6-7,9-10,14,19-21,34H,2-5,8,11-12H2,1H3,(H,28,30,31)/t19?,20-,21?/m0/s1. The molecule has 2 saturated heterocycles. The van der Waals surface area contributed by atoms with Crippen LogP contribution in [0.2, 0.25) is 5.15 Å². The molecule has 8 nitrogen and oxygen atoms in total. The fourth-order valence-corrected chi connectivity index (χ4v) is 5.62. The van der Waals surface area contributed by atoms with Gasteiger partial charge in [-0.3, -0.25) is 4.90 Å². The third-order valence-electron chi connectivity index (χ3n) is 7.50. The van der Waals surface area contributed by atoms with E-state index in [0.29, 0.717) is 30.8 Å². The van der Waals surface area contributed by atoms with Gasteiger partial charge in [-0.1, -0.05) is 11.6 Å². The number of aliphatic hydroxyl groups is 1. The van der Waals surface area contributed by atoms with E-state index >= 15 is 0 Å². The Balaban J connectivity index is 1.19. The number of piperidine rings is 1. The van der Waals surface area contributed by atoms with Gasteiger partial charge in [0.25, 0.3) is 5.92 Å². The van der Waals surface area contributed by atoms with Crippen molar-refractivity contribution in [1.82, 2.24) is 24.6 Å². The van der Waals surface area contributed by atoms with Crippen LogP contribution in [0.5, 0.6) is 0 Å². The first-order chi connectivity index (χ1) is 16.8. The van der Waals surface area contributed by atoms with E-state index in [1.54, 1.807) is 6.20 Å². The van der Waals surface area contributed by atoms with E-state index in [9.17, 15) is 13.9 Å². The molecular formula is C24H27ClF2N6O2. The summed E-state index contributed by atoms with van der Waals surface area (Å²) < 4.78 is 33.4. The maximum absolute atomic E-state index is 13.4. The van der Waals surface area contributed by atoms with E-state index in [-0.39, 0.29) is 17.6 Å². The summed E-state index contributed by atoms with van der Waals surface area (Å²) in [4.78, 5) is 11.4. The van der Waals surface area contributed by atoms with Crippen LogP contribution >= 0.6 is 11.6 Å². The SMILES string of the molecule is Cc1cc2cnc(Nc3cnn(C4CC4(F)F)c3Cl)nc2cc1C1CCN(C2COC[C@@H]2O)CC1. The number of aromatic nitrogens is 4. The molecule has 1 aromatic carbocycles. The Kier molecular flexibility index (Phi) is 5.67. The maximum atomic E-state index is 13.4. The summed E-state index contributed by atoms with van der Waals surface area (Å²) in [5.41, 5.74) is 3.68. The number of nitrogens with zero attached hydrogens (tertiary/aromatic N) is 5. The van der Waals surface area contributed by atoms with Crippen molar-refractivity contribution in [2.45, 2.75) is 56.2 Å². The van der Waals surface area contributed by atoms with Crippen molar-refractivity contribution in [3.63, 3.8) is 0 Å².